The smallest absolute Gasteiger partial charge is 0.0607 e. The maximum Gasteiger partial charge on any atom is 0.0607 e. The van der Waals surface area contributed by atoms with Crippen LogP contribution in [0.25, 0.3) is 0 Å². The summed E-state index contributed by atoms with van der Waals surface area (Å²) in [6.07, 6.45) is 1.13. The third kappa shape index (κ3) is 1.00. The molecule has 1 radical (unpaired) electrons. The van der Waals surface area contributed by atoms with E-state index in [1.54, 1.807) is 0 Å². The average molecular weight is 244 g/mol. The van der Waals surface area contributed by atoms with Gasteiger partial charge in [-0.15, -0.1) is 0 Å². The first kappa shape index (κ1) is 6.46. The van der Waals surface area contributed by atoms with Crippen LogP contribution in [-0.2, 0) is 6.42 Å². The van der Waals surface area contributed by atoms with E-state index in [0.29, 0.717) is 0 Å². The Morgan fingerprint density at radius 3 is 3.20 bits per heavy atom. The molecule has 1 aromatic rings. The highest BCUT2D eigenvalue weighted by Crippen LogP contribution is 2.23. The first-order valence-corrected chi connectivity index (χ1v) is 4.40. The van der Waals surface area contributed by atoms with Crippen LogP contribution < -0.4 is 5.32 Å². The first-order chi connectivity index (χ1) is 4.86. The molecule has 0 spiro atoms. The third-order valence-corrected chi connectivity index (χ3v) is 2.38. The van der Waals surface area contributed by atoms with Crippen molar-refractivity contribution in [1.29, 1.82) is 0 Å². The molecule has 2 rings (SSSR count). The summed E-state index contributed by atoms with van der Waals surface area (Å²) in [5.41, 5.74) is 2.60. The Morgan fingerprint density at radius 2 is 2.30 bits per heavy atom. The van der Waals surface area contributed by atoms with Gasteiger partial charge in [-0.2, -0.15) is 0 Å². The molecule has 1 heterocycles. The van der Waals surface area contributed by atoms with Crippen LogP contribution in [0.4, 0.5) is 5.69 Å². The van der Waals surface area contributed by atoms with Crippen molar-refractivity contribution in [3.63, 3.8) is 0 Å². The molecule has 51 valence electrons. The van der Waals surface area contributed by atoms with Crippen molar-refractivity contribution in [1.82, 2.24) is 5.32 Å². The lowest BCUT2D eigenvalue weighted by Gasteiger charge is -1.95. The molecule has 0 saturated heterocycles. The second-order valence-electron chi connectivity index (χ2n) is 2.40. The van der Waals surface area contributed by atoms with Crippen molar-refractivity contribution in [3.8, 4) is 0 Å². The summed E-state index contributed by atoms with van der Waals surface area (Å²) in [6.45, 7) is 0.982. The van der Waals surface area contributed by atoms with Crippen LogP contribution in [0.1, 0.15) is 5.56 Å². The number of fused-ring (bicyclic) bond motifs is 1. The predicted octanol–water partition coefficient (Wildman–Crippen LogP) is 2.08. The van der Waals surface area contributed by atoms with E-state index in [-0.39, 0.29) is 0 Å². The molecule has 0 saturated carbocycles. The summed E-state index contributed by atoms with van der Waals surface area (Å²) in [6, 6.07) is 6.42. The van der Waals surface area contributed by atoms with Gasteiger partial charge < -0.3 is 0 Å². The molecule has 0 unspecified atom stereocenters. The molecular formula is C8H7IN. The van der Waals surface area contributed by atoms with Gasteiger partial charge in [0.05, 0.1) is 5.69 Å². The summed E-state index contributed by atoms with van der Waals surface area (Å²) in [5.74, 6) is 0. The number of hydrogen-bond acceptors (Lipinski definition) is 0. The van der Waals surface area contributed by atoms with Gasteiger partial charge in [0.15, 0.2) is 0 Å². The second kappa shape index (κ2) is 2.42. The van der Waals surface area contributed by atoms with Gasteiger partial charge in [-0.1, -0.05) is 0 Å². The molecular weight excluding hydrogens is 237 g/mol. The van der Waals surface area contributed by atoms with Gasteiger partial charge in [0.25, 0.3) is 0 Å². The van der Waals surface area contributed by atoms with Crippen molar-refractivity contribution >= 4 is 28.3 Å². The fraction of sp³-hybridized carbons (Fsp3) is 0.250. The molecule has 1 aliphatic heterocycles. The summed E-state index contributed by atoms with van der Waals surface area (Å²) >= 11 is 2.33. The van der Waals surface area contributed by atoms with E-state index in [2.05, 4.69) is 46.1 Å². The molecule has 0 atom stereocenters. The van der Waals surface area contributed by atoms with E-state index < -0.39 is 0 Å². The summed E-state index contributed by atoms with van der Waals surface area (Å²) < 4.78 is 1.31. The fourth-order valence-electron chi connectivity index (χ4n) is 1.21. The maximum absolute atomic E-state index is 4.34. The number of hydrogen-bond donors (Lipinski definition) is 0. The Hall–Kier alpha value is -0.250. The third-order valence-electron chi connectivity index (χ3n) is 1.70. The van der Waals surface area contributed by atoms with Gasteiger partial charge in [-0.05, 0) is 52.8 Å². The van der Waals surface area contributed by atoms with Crippen LogP contribution in [0.3, 0.4) is 0 Å². The molecule has 1 aromatic carbocycles. The molecule has 2 heteroatoms. The molecule has 0 aromatic heterocycles. The van der Waals surface area contributed by atoms with Gasteiger partial charge >= 0.3 is 0 Å². The number of nitrogens with zero attached hydrogens (tertiary/aromatic N) is 1. The van der Waals surface area contributed by atoms with E-state index in [4.69, 9.17) is 0 Å². The highest BCUT2D eigenvalue weighted by molar-refractivity contribution is 14.1. The lowest BCUT2D eigenvalue weighted by Crippen LogP contribution is -1.88. The zero-order chi connectivity index (χ0) is 6.97. The minimum atomic E-state index is 0.982. The van der Waals surface area contributed by atoms with Crippen molar-refractivity contribution in [2.75, 3.05) is 6.54 Å². The van der Waals surface area contributed by atoms with Crippen LogP contribution in [-0.4, -0.2) is 6.54 Å². The zero-order valence-corrected chi connectivity index (χ0v) is 7.63. The normalized spacial score (nSPS) is 14.5. The van der Waals surface area contributed by atoms with Crippen molar-refractivity contribution < 1.29 is 0 Å². The van der Waals surface area contributed by atoms with Gasteiger partial charge in [0.2, 0.25) is 0 Å². The Bertz CT molecular complexity index is 257. The Morgan fingerprint density at radius 1 is 1.40 bits per heavy atom. The van der Waals surface area contributed by atoms with Crippen LogP contribution in [0.2, 0.25) is 0 Å². The van der Waals surface area contributed by atoms with Gasteiger partial charge in [-0.3, -0.25) is 5.32 Å². The fourth-order valence-corrected chi connectivity index (χ4v) is 1.76. The second-order valence-corrected chi connectivity index (χ2v) is 3.65. The SMILES string of the molecule is Ic1ccc2c(c1)CC[N]2. The average Bonchev–Trinajstić information content (AvgIpc) is 2.33. The van der Waals surface area contributed by atoms with Crippen LogP contribution in [0.15, 0.2) is 18.2 Å². The molecule has 0 N–H and O–H groups in total. The monoisotopic (exact) mass is 244 g/mol. The van der Waals surface area contributed by atoms with Crippen molar-refractivity contribution in [3.05, 3.63) is 27.3 Å². The Labute approximate surface area is 74.0 Å². The van der Waals surface area contributed by atoms with Gasteiger partial charge in [0.1, 0.15) is 0 Å². The molecule has 0 amide bonds. The molecule has 10 heavy (non-hydrogen) atoms. The summed E-state index contributed by atoms with van der Waals surface area (Å²) in [4.78, 5) is 0. The number of halogens is 1. The van der Waals surface area contributed by atoms with Gasteiger partial charge in [-0.25, -0.2) is 0 Å². The lowest BCUT2D eigenvalue weighted by atomic mass is 10.2. The minimum Gasteiger partial charge on any atom is -0.285 e. The molecule has 1 aliphatic rings. The maximum atomic E-state index is 4.34. The standard InChI is InChI=1S/C8H7IN/c9-7-1-2-8-6(5-7)3-4-10-8/h1-2,5H,3-4H2. The summed E-state index contributed by atoms with van der Waals surface area (Å²) in [5, 5.41) is 4.34. The van der Waals surface area contributed by atoms with E-state index >= 15 is 0 Å². The lowest BCUT2D eigenvalue weighted by molar-refractivity contribution is 0.909. The summed E-state index contributed by atoms with van der Waals surface area (Å²) in [7, 11) is 0. The van der Waals surface area contributed by atoms with E-state index in [1.165, 1.54) is 14.8 Å². The first-order valence-electron chi connectivity index (χ1n) is 3.32. The Balaban J connectivity index is 2.52. The minimum absolute atomic E-state index is 0.982. The number of rotatable bonds is 0. The van der Waals surface area contributed by atoms with E-state index in [1.807, 2.05) is 0 Å². The molecule has 0 aliphatic carbocycles. The molecule has 0 fully saturated rings. The largest absolute Gasteiger partial charge is 0.285 e. The molecule has 1 nitrogen and oxygen atoms in total. The van der Waals surface area contributed by atoms with Crippen LogP contribution in [0, 0.1) is 3.57 Å². The Kier molecular flexibility index (Phi) is 1.56. The topological polar surface area (TPSA) is 14.1 Å². The van der Waals surface area contributed by atoms with E-state index in [9.17, 15) is 0 Å². The highest BCUT2D eigenvalue weighted by atomic mass is 127. The van der Waals surface area contributed by atoms with Gasteiger partial charge in [0, 0.05) is 10.1 Å². The van der Waals surface area contributed by atoms with Crippen LogP contribution >= 0.6 is 22.6 Å². The van der Waals surface area contributed by atoms with Crippen molar-refractivity contribution in [2.24, 2.45) is 0 Å². The van der Waals surface area contributed by atoms with E-state index in [0.717, 1.165) is 13.0 Å². The highest BCUT2D eigenvalue weighted by Gasteiger charge is 2.09. The quantitative estimate of drug-likeness (QED) is 0.620. The predicted molar refractivity (Wildman–Crippen MR) is 49.5 cm³/mol. The molecule has 0 bridgehead atoms. The zero-order valence-electron chi connectivity index (χ0n) is 5.47. The van der Waals surface area contributed by atoms with Crippen molar-refractivity contribution in [2.45, 2.75) is 6.42 Å². The number of benzene rings is 1. The van der Waals surface area contributed by atoms with Crippen LogP contribution in [0.5, 0.6) is 0 Å².